The van der Waals surface area contributed by atoms with Crippen LogP contribution in [0.15, 0.2) is 12.1 Å². The Bertz CT molecular complexity index is 354. The van der Waals surface area contributed by atoms with E-state index in [2.05, 4.69) is 0 Å². The highest BCUT2D eigenvalue weighted by molar-refractivity contribution is 14.1. The minimum absolute atomic E-state index is 0.0612. The minimum atomic E-state index is -0.530. The second-order valence-corrected chi connectivity index (χ2v) is 4.14. The van der Waals surface area contributed by atoms with Gasteiger partial charge in [-0.25, -0.2) is 4.39 Å². The molecule has 0 heterocycles. The van der Waals surface area contributed by atoms with Crippen molar-refractivity contribution >= 4 is 51.6 Å². The van der Waals surface area contributed by atoms with Crippen LogP contribution in [0.3, 0.4) is 0 Å². The fourth-order valence-electron chi connectivity index (χ4n) is 0.808. The molecule has 0 aliphatic carbocycles. The average Bonchev–Trinajstić information content (AvgIpc) is 2.10. The molecule has 0 spiro atoms. The number of ketones is 1. The molecule has 0 saturated carbocycles. The third kappa shape index (κ3) is 2.54. The molecule has 0 aliphatic heterocycles. The van der Waals surface area contributed by atoms with Crippen molar-refractivity contribution in [1.29, 1.82) is 0 Å². The molecular weight excluding hydrogens is 329 g/mol. The maximum absolute atomic E-state index is 12.8. The van der Waals surface area contributed by atoms with Crippen LogP contribution in [0.1, 0.15) is 10.4 Å². The summed E-state index contributed by atoms with van der Waals surface area (Å²) >= 11 is 12.7. The molecule has 0 N–H and O–H groups in total. The highest BCUT2D eigenvalue weighted by Gasteiger charge is 2.12. The highest BCUT2D eigenvalue weighted by atomic mass is 127. The Morgan fingerprint density at radius 3 is 2.69 bits per heavy atom. The Kier molecular flexibility index (Phi) is 3.94. The zero-order valence-electron chi connectivity index (χ0n) is 6.28. The number of benzene rings is 1. The van der Waals surface area contributed by atoms with Gasteiger partial charge in [0.15, 0.2) is 5.78 Å². The van der Waals surface area contributed by atoms with E-state index < -0.39 is 5.82 Å². The predicted octanol–water partition coefficient (Wildman–Crippen LogP) is 3.51. The number of carbonyl (C=O) groups is 1. The van der Waals surface area contributed by atoms with Crippen LogP contribution >= 0.6 is 45.8 Å². The van der Waals surface area contributed by atoms with E-state index >= 15 is 0 Å². The van der Waals surface area contributed by atoms with Crippen molar-refractivity contribution < 1.29 is 9.18 Å². The average molecular weight is 333 g/mol. The summed E-state index contributed by atoms with van der Waals surface area (Å²) in [4.78, 5) is 11.2. The van der Waals surface area contributed by atoms with Crippen LogP contribution < -0.4 is 0 Å². The maximum Gasteiger partial charge on any atom is 0.178 e. The lowest BCUT2D eigenvalue weighted by Gasteiger charge is -2.02. The van der Waals surface area contributed by atoms with Crippen molar-refractivity contribution in [2.75, 3.05) is 5.88 Å². The first kappa shape index (κ1) is 11.2. The SMILES string of the molecule is O=C(CCl)c1cc(Cl)c(F)cc1I. The summed E-state index contributed by atoms with van der Waals surface area (Å²) in [5, 5.41) is -0.0612. The van der Waals surface area contributed by atoms with Crippen molar-refractivity contribution in [3.63, 3.8) is 0 Å². The third-order valence-corrected chi connectivity index (χ3v) is 2.86. The Hall–Kier alpha value is 0.130. The Morgan fingerprint density at radius 2 is 2.15 bits per heavy atom. The second-order valence-electron chi connectivity index (χ2n) is 2.30. The second kappa shape index (κ2) is 4.57. The van der Waals surface area contributed by atoms with Crippen molar-refractivity contribution in [3.05, 3.63) is 32.1 Å². The normalized spacial score (nSPS) is 10.2. The largest absolute Gasteiger partial charge is 0.293 e. The lowest BCUT2D eigenvalue weighted by Crippen LogP contribution is -2.03. The van der Waals surface area contributed by atoms with Gasteiger partial charge in [-0.2, -0.15) is 0 Å². The van der Waals surface area contributed by atoms with Crippen LogP contribution in [0.2, 0.25) is 5.02 Å². The molecule has 1 aromatic rings. The molecule has 0 fully saturated rings. The molecular formula is C8H4Cl2FIO. The van der Waals surface area contributed by atoms with E-state index in [9.17, 15) is 9.18 Å². The molecule has 0 saturated heterocycles. The lowest BCUT2D eigenvalue weighted by molar-refractivity contribution is 0.102. The standard InChI is InChI=1S/C8H4Cl2FIO/c9-3-8(13)4-1-5(10)6(11)2-7(4)12/h1-2H,3H2. The van der Waals surface area contributed by atoms with Gasteiger partial charge in [0.1, 0.15) is 5.82 Å². The van der Waals surface area contributed by atoms with Gasteiger partial charge in [-0.1, -0.05) is 11.6 Å². The summed E-state index contributed by atoms with van der Waals surface area (Å²) in [6.45, 7) is 0. The molecule has 0 unspecified atom stereocenters. The fraction of sp³-hybridized carbons (Fsp3) is 0.125. The van der Waals surface area contributed by atoms with Gasteiger partial charge in [-0.05, 0) is 34.7 Å². The van der Waals surface area contributed by atoms with Crippen molar-refractivity contribution in [1.82, 2.24) is 0 Å². The molecule has 0 aliphatic rings. The monoisotopic (exact) mass is 332 g/mol. The molecule has 0 radical (unpaired) electrons. The number of alkyl halides is 1. The van der Waals surface area contributed by atoms with Crippen LogP contribution in [-0.4, -0.2) is 11.7 Å². The molecule has 0 aromatic heterocycles. The summed E-state index contributed by atoms with van der Waals surface area (Å²) < 4.78 is 13.4. The summed E-state index contributed by atoms with van der Waals surface area (Å²) in [6, 6.07) is 2.51. The molecule has 5 heteroatoms. The van der Waals surface area contributed by atoms with Crippen LogP contribution in [0, 0.1) is 9.39 Å². The van der Waals surface area contributed by atoms with Gasteiger partial charge in [0.05, 0.1) is 10.9 Å². The first-order valence-corrected chi connectivity index (χ1v) is 5.29. The zero-order valence-corrected chi connectivity index (χ0v) is 9.95. The van der Waals surface area contributed by atoms with Gasteiger partial charge in [0, 0.05) is 9.13 Å². The maximum atomic E-state index is 12.8. The Labute approximate surface area is 98.4 Å². The van der Waals surface area contributed by atoms with Gasteiger partial charge < -0.3 is 0 Å². The molecule has 1 rings (SSSR count). The van der Waals surface area contributed by atoms with Gasteiger partial charge in [0.2, 0.25) is 0 Å². The highest BCUT2D eigenvalue weighted by Crippen LogP contribution is 2.22. The molecule has 0 amide bonds. The smallest absolute Gasteiger partial charge is 0.178 e. The molecule has 1 aromatic carbocycles. The van der Waals surface area contributed by atoms with E-state index in [1.807, 2.05) is 22.6 Å². The predicted molar refractivity (Wildman–Crippen MR) is 59.2 cm³/mol. The van der Waals surface area contributed by atoms with Crippen molar-refractivity contribution in [3.8, 4) is 0 Å². The van der Waals surface area contributed by atoms with Crippen LogP contribution in [0.4, 0.5) is 4.39 Å². The summed E-state index contributed by atoms with van der Waals surface area (Å²) in [5.41, 5.74) is 0.363. The van der Waals surface area contributed by atoms with Gasteiger partial charge in [-0.3, -0.25) is 4.79 Å². The number of hydrogen-bond acceptors (Lipinski definition) is 1. The first-order valence-electron chi connectivity index (χ1n) is 3.30. The minimum Gasteiger partial charge on any atom is -0.293 e. The number of hydrogen-bond donors (Lipinski definition) is 0. The zero-order chi connectivity index (χ0) is 10.0. The van der Waals surface area contributed by atoms with Gasteiger partial charge in [-0.15, -0.1) is 11.6 Å². The van der Waals surface area contributed by atoms with E-state index in [1.54, 1.807) is 0 Å². The summed E-state index contributed by atoms with van der Waals surface area (Å²) in [7, 11) is 0. The van der Waals surface area contributed by atoms with E-state index in [0.717, 1.165) is 0 Å². The van der Waals surface area contributed by atoms with Gasteiger partial charge >= 0.3 is 0 Å². The Balaban J connectivity index is 3.23. The van der Waals surface area contributed by atoms with Crippen LogP contribution in [0.5, 0.6) is 0 Å². The van der Waals surface area contributed by atoms with E-state index in [0.29, 0.717) is 9.13 Å². The molecule has 0 atom stereocenters. The third-order valence-electron chi connectivity index (χ3n) is 1.43. The topological polar surface area (TPSA) is 17.1 Å². The van der Waals surface area contributed by atoms with Crippen molar-refractivity contribution in [2.45, 2.75) is 0 Å². The van der Waals surface area contributed by atoms with E-state index in [4.69, 9.17) is 23.2 Å². The first-order chi connectivity index (χ1) is 6.06. The van der Waals surface area contributed by atoms with E-state index in [-0.39, 0.29) is 16.7 Å². The fourth-order valence-corrected chi connectivity index (χ4v) is 1.85. The molecule has 0 bridgehead atoms. The summed E-state index contributed by atoms with van der Waals surface area (Å²) in [6.07, 6.45) is 0. The van der Waals surface area contributed by atoms with Crippen molar-refractivity contribution in [2.24, 2.45) is 0 Å². The lowest BCUT2D eigenvalue weighted by atomic mass is 10.1. The van der Waals surface area contributed by atoms with Gasteiger partial charge in [0.25, 0.3) is 0 Å². The Morgan fingerprint density at radius 1 is 1.54 bits per heavy atom. The number of rotatable bonds is 2. The summed E-state index contributed by atoms with van der Waals surface area (Å²) in [5.74, 6) is -0.914. The molecule has 13 heavy (non-hydrogen) atoms. The number of halogens is 4. The van der Waals surface area contributed by atoms with Crippen LogP contribution in [0.25, 0.3) is 0 Å². The number of Topliss-reactive ketones (excluding diaryl/α,β-unsaturated/α-hetero) is 1. The molecule has 1 nitrogen and oxygen atoms in total. The number of carbonyl (C=O) groups excluding carboxylic acids is 1. The van der Waals surface area contributed by atoms with Crippen LogP contribution in [-0.2, 0) is 0 Å². The van der Waals surface area contributed by atoms with E-state index in [1.165, 1.54) is 12.1 Å². The molecule has 70 valence electrons. The quantitative estimate of drug-likeness (QED) is 0.350.